The average molecular weight is 431 g/mol. The zero-order valence-corrected chi connectivity index (χ0v) is 16.1. The normalized spacial score (nSPS) is 19.3. The van der Waals surface area contributed by atoms with Crippen molar-refractivity contribution in [3.05, 3.63) is 18.2 Å². The van der Waals surface area contributed by atoms with Crippen LogP contribution in [-0.4, -0.2) is 26.7 Å². The lowest BCUT2D eigenvalue weighted by molar-refractivity contribution is 0.113. The SMILES string of the molecule is COc1ccc(NC(N)=NCC2(C3CC3)CCC2)cc1OC.I. The summed E-state index contributed by atoms with van der Waals surface area (Å²) in [7, 11) is 3.24. The molecule has 0 unspecified atom stereocenters. The quantitative estimate of drug-likeness (QED) is 0.410. The second-order valence-electron chi connectivity index (χ2n) is 6.39. The highest BCUT2D eigenvalue weighted by Crippen LogP contribution is 2.57. The number of nitrogens with zero attached hydrogens (tertiary/aromatic N) is 1. The zero-order chi connectivity index (χ0) is 15.6. The fourth-order valence-corrected chi connectivity index (χ4v) is 3.37. The molecular formula is C17H26IN3O2. The summed E-state index contributed by atoms with van der Waals surface area (Å²) in [6, 6.07) is 5.62. The second kappa shape index (κ2) is 7.59. The smallest absolute Gasteiger partial charge is 0.193 e. The molecular weight excluding hydrogens is 405 g/mol. The molecule has 0 atom stereocenters. The summed E-state index contributed by atoms with van der Waals surface area (Å²) in [5, 5.41) is 3.14. The molecule has 2 aliphatic carbocycles. The molecule has 0 saturated heterocycles. The molecule has 0 radical (unpaired) electrons. The van der Waals surface area contributed by atoms with Gasteiger partial charge >= 0.3 is 0 Å². The Morgan fingerprint density at radius 1 is 1.26 bits per heavy atom. The minimum absolute atomic E-state index is 0. The van der Waals surface area contributed by atoms with Gasteiger partial charge in [0.15, 0.2) is 17.5 Å². The van der Waals surface area contributed by atoms with E-state index in [1.165, 1.54) is 32.1 Å². The van der Waals surface area contributed by atoms with Crippen LogP contribution >= 0.6 is 24.0 Å². The fraction of sp³-hybridized carbons (Fsp3) is 0.588. The lowest BCUT2D eigenvalue weighted by atomic mass is 9.65. The maximum absolute atomic E-state index is 6.04. The molecule has 2 aliphatic rings. The number of nitrogens with two attached hydrogens (primary N) is 1. The predicted octanol–water partition coefficient (Wildman–Crippen LogP) is 3.63. The van der Waals surface area contributed by atoms with Crippen LogP contribution in [0.25, 0.3) is 0 Å². The van der Waals surface area contributed by atoms with Crippen molar-refractivity contribution in [3.8, 4) is 11.5 Å². The largest absolute Gasteiger partial charge is 0.493 e. The van der Waals surface area contributed by atoms with Crippen LogP contribution in [-0.2, 0) is 0 Å². The molecule has 0 spiro atoms. The number of methoxy groups -OCH3 is 2. The van der Waals surface area contributed by atoms with Gasteiger partial charge in [-0.3, -0.25) is 4.99 Å². The first-order valence-electron chi connectivity index (χ1n) is 7.96. The van der Waals surface area contributed by atoms with E-state index >= 15 is 0 Å². The number of aliphatic imine (C=N–C) groups is 1. The first-order chi connectivity index (χ1) is 10.7. The second-order valence-corrected chi connectivity index (χ2v) is 6.39. The zero-order valence-electron chi connectivity index (χ0n) is 13.8. The number of hydrogen-bond donors (Lipinski definition) is 2. The molecule has 6 heteroatoms. The first kappa shape index (κ1) is 18.2. The molecule has 3 rings (SSSR count). The summed E-state index contributed by atoms with van der Waals surface area (Å²) in [4.78, 5) is 4.58. The van der Waals surface area contributed by atoms with Gasteiger partial charge in [-0.2, -0.15) is 0 Å². The first-order valence-corrected chi connectivity index (χ1v) is 7.96. The number of ether oxygens (including phenoxy) is 2. The van der Waals surface area contributed by atoms with Gasteiger partial charge in [0.1, 0.15) is 0 Å². The third-order valence-electron chi connectivity index (χ3n) is 5.01. The van der Waals surface area contributed by atoms with Crippen LogP contribution < -0.4 is 20.5 Å². The Morgan fingerprint density at radius 2 is 1.96 bits per heavy atom. The lowest BCUT2D eigenvalue weighted by Crippen LogP contribution is -2.36. The van der Waals surface area contributed by atoms with Crippen LogP contribution in [0.3, 0.4) is 0 Å². The summed E-state index contributed by atoms with van der Waals surface area (Å²) in [6.07, 6.45) is 6.71. The van der Waals surface area contributed by atoms with Gasteiger partial charge in [-0.05, 0) is 49.1 Å². The highest BCUT2D eigenvalue weighted by atomic mass is 127. The Hall–Kier alpha value is -1.18. The van der Waals surface area contributed by atoms with Crippen LogP contribution in [0.5, 0.6) is 11.5 Å². The standard InChI is InChI=1S/C17H25N3O2.HI/c1-21-14-7-6-13(10-15(14)22-2)20-16(18)19-11-17(8-3-9-17)12-4-5-12;/h6-7,10,12H,3-5,8-9,11H2,1-2H3,(H3,18,19,20);1H. The molecule has 1 aromatic carbocycles. The molecule has 23 heavy (non-hydrogen) atoms. The van der Waals surface area contributed by atoms with Crippen molar-refractivity contribution < 1.29 is 9.47 Å². The van der Waals surface area contributed by atoms with Gasteiger partial charge in [0.2, 0.25) is 0 Å². The van der Waals surface area contributed by atoms with E-state index in [9.17, 15) is 0 Å². The summed E-state index contributed by atoms with van der Waals surface area (Å²) in [5.41, 5.74) is 7.34. The Bertz CT molecular complexity index is 569. The van der Waals surface area contributed by atoms with Crippen LogP contribution in [0.1, 0.15) is 32.1 Å². The number of anilines is 1. The molecule has 0 heterocycles. The molecule has 0 aliphatic heterocycles. The highest BCUT2D eigenvalue weighted by Gasteiger charge is 2.48. The minimum Gasteiger partial charge on any atom is -0.493 e. The fourth-order valence-electron chi connectivity index (χ4n) is 3.37. The van der Waals surface area contributed by atoms with Gasteiger partial charge in [0.05, 0.1) is 14.2 Å². The molecule has 1 aromatic rings. The summed E-state index contributed by atoms with van der Waals surface area (Å²) >= 11 is 0. The summed E-state index contributed by atoms with van der Waals surface area (Å²) in [5.74, 6) is 2.73. The number of halogens is 1. The number of guanidine groups is 1. The van der Waals surface area contributed by atoms with Crippen molar-refractivity contribution in [2.75, 3.05) is 26.1 Å². The highest BCUT2D eigenvalue weighted by molar-refractivity contribution is 14.0. The Balaban J connectivity index is 0.00000192. The molecule has 2 saturated carbocycles. The van der Waals surface area contributed by atoms with Crippen molar-refractivity contribution in [3.63, 3.8) is 0 Å². The molecule has 128 valence electrons. The molecule has 0 amide bonds. The van der Waals surface area contributed by atoms with Gasteiger partial charge in [-0.25, -0.2) is 0 Å². The third-order valence-corrected chi connectivity index (χ3v) is 5.01. The maximum atomic E-state index is 6.04. The van der Waals surface area contributed by atoms with E-state index in [1.54, 1.807) is 14.2 Å². The van der Waals surface area contributed by atoms with Crippen molar-refractivity contribution in [1.82, 2.24) is 0 Å². The van der Waals surface area contributed by atoms with Gasteiger partial charge in [0.25, 0.3) is 0 Å². The lowest BCUT2D eigenvalue weighted by Gasteiger charge is -2.41. The summed E-state index contributed by atoms with van der Waals surface area (Å²) in [6.45, 7) is 0.851. The van der Waals surface area contributed by atoms with Crippen LogP contribution in [0.4, 0.5) is 5.69 Å². The number of rotatable bonds is 6. The maximum Gasteiger partial charge on any atom is 0.193 e. The molecule has 5 nitrogen and oxygen atoms in total. The van der Waals surface area contributed by atoms with Crippen molar-refractivity contribution in [2.45, 2.75) is 32.1 Å². The molecule has 3 N–H and O–H groups in total. The van der Waals surface area contributed by atoms with E-state index in [0.717, 1.165) is 18.2 Å². The third kappa shape index (κ3) is 4.02. The average Bonchev–Trinajstić information content (AvgIpc) is 3.31. The van der Waals surface area contributed by atoms with Gasteiger partial charge in [-0.1, -0.05) is 6.42 Å². The topological polar surface area (TPSA) is 68.9 Å². The van der Waals surface area contributed by atoms with Crippen LogP contribution in [0, 0.1) is 11.3 Å². The number of nitrogens with one attached hydrogen (secondary N) is 1. The molecule has 0 bridgehead atoms. The van der Waals surface area contributed by atoms with E-state index in [0.29, 0.717) is 22.9 Å². The van der Waals surface area contributed by atoms with E-state index < -0.39 is 0 Å². The van der Waals surface area contributed by atoms with Gasteiger partial charge in [0, 0.05) is 18.3 Å². The van der Waals surface area contributed by atoms with E-state index in [4.69, 9.17) is 15.2 Å². The van der Waals surface area contributed by atoms with Crippen molar-refractivity contribution in [2.24, 2.45) is 22.1 Å². The van der Waals surface area contributed by atoms with E-state index in [2.05, 4.69) is 10.3 Å². The van der Waals surface area contributed by atoms with Gasteiger partial charge in [-0.15, -0.1) is 24.0 Å². The van der Waals surface area contributed by atoms with E-state index in [-0.39, 0.29) is 24.0 Å². The molecule has 2 fully saturated rings. The predicted molar refractivity (Wildman–Crippen MR) is 104 cm³/mol. The summed E-state index contributed by atoms with van der Waals surface area (Å²) < 4.78 is 10.5. The number of hydrogen-bond acceptors (Lipinski definition) is 3. The Morgan fingerprint density at radius 3 is 2.48 bits per heavy atom. The minimum atomic E-state index is 0. The number of benzene rings is 1. The van der Waals surface area contributed by atoms with Crippen LogP contribution in [0.2, 0.25) is 0 Å². The van der Waals surface area contributed by atoms with E-state index in [1.807, 2.05) is 18.2 Å². The monoisotopic (exact) mass is 431 g/mol. The van der Waals surface area contributed by atoms with Crippen molar-refractivity contribution >= 4 is 35.6 Å². The van der Waals surface area contributed by atoms with Crippen molar-refractivity contribution in [1.29, 1.82) is 0 Å². The Labute approximate surface area is 155 Å². The van der Waals surface area contributed by atoms with Crippen LogP contribution in [0.15, 0.2) is 23.2 Å². The van der Waals surface area contributed by atoms with Gasteiger partial charge < -0.3 is 20.5 Å². The molecule has 0 aromatic heterocycles. The Kier molecular flexibility index (Phi) is 6.00.